The largest absolute Gasteiger partial charge is 0.385 e. The molecular weight excluding hydrogens is 422 g/mol. The summed E-state index contributed by atoms with van der Waals surface area (Å²) in [6, 6.07) is 15.9. The fraction of sp³-hybridized carbons (Fsp3) is 0.222. The van der Waals surface area contributed by atoms with Crippen molar-refractivity contribution >= 4 is 22.8 Å². The third-order valence-corrected chi connectivity index (χ3v) is 6.32. The highest BCUT2D eigenvalue weighted by atomic mass is 15.1. The van der Waals surface area contributed by atoms with Crippen molar-refractivity contribution in [3.8, 4) is 17.3 Å². The van der Waals surface area contributed by atoms with Gasteiger partial charge in [0.1, 0.15) is 0 Å². The average molecular weight is 450 g/mol. The summed E-state index contributed by atoms with van der Waals surface area (Å²) in [5, 5.41) is 19.4. The van der Waals surface area contributed by atoms with Crippen LogP contribution in [0.15, 0.2) is 67.6 Å². The Kier molecular flexibility index (Phi) is 5.98. The number of hydrogen-bond acceptors (Lipinski definition) is 6. The van der Waals surface area contributed by atoms with Crippen LogP contribution < -0.4 is 16.0 Å². The summed E-state index contributed by atoms with van der Waals surface area (Å²) in [5.41, 5.74) is 7.45. The van der Waals surface area contributed by atoms with E-state index >= 15 is 0 Å². The molecule has 1 unspecified atom stereocenters. The zero-order valence-electron chi connectivity index (χ0n) is 19.2. The van der Waals surface area contributed by atoms with Gasteiger partial charge in [0.15, 0.2) is 11.5 Å². The van der Waals surface area contributed by atoms with Gasteiger partial charge in [-0.1, -0.05) is 24.8 Å². The molecule has 0 spiro atoms. The number of aromatic nitrogens is 3. The van der Waals surface area contributed by atoms with Gasteiger partial charge >= 0.3 is 0 Å². The maximum Gasteiger partial charge on any atom is 0.180 e. The van der Waals surface area contributed by atoms with E-state index in [0.717, 1.165) is 59.1 Å². The van der Waals surface area contributed by atoms with Crippen molar-refractivity contribution in [3.05, 3.63) is 84.3 Å². The number of aryl methyl sites for hydroxylation is 1. The van der Waals surface area contributed by atoms with E-state index in [4.69, 9.17) is 5.26 Å². The van der Waals surface area contributed by atoms with Gasteiger partial charge in [-0.05, 0) is 62.2 Å². The second-order valence-electron chi connectivity index (χ2n) is 8.68. The summed E-state index contributed by atoms with van der Waals surface area (Å²) in [4.78, 5) is 9.13. The first kappa shape index (κ1) is 21.7. The molecule has 0 bridgehead atoms. The zero-order valence-corrected chi connectivity index (χ0v) is 19.2. The van der Waals surface area contributed by atoms with Crippen molar-refractivity contribution in [2.24, 2.45) is 5.92 Å². The number of rotatable bonds is 7. The maximum atomic E-state index is 9.05. The molecule has 0 radical (unpaired) electrons. The molecule has 1 aliphatic heterocycles. The molecule has 5 rings (SSSR count). The Morgan fingerprint density at radius 1 is 1.24 bits per heavy atom. The fourth-order valence-corrected chi connectivity index (χ4v) is 4.40. The lowest BCUT2D eigenvalue weighted by Gasteiger charge is -2.16. The minimum Gasteiger partial charge on any atom is -0.385 e. The Labute approximate surface area is 199 Å². The quantitative estimate of drug-likeness (QED) is 0.385. The molecule has 1 saturated heterocycles. The monoisotopic (exact) mass is 449 g/mol. The molecule has 0 saturated carbocycles. The van der Waals surface area contributed by atoms with Crippen LogP contribution >= 0.6 is 0 Å². The van der Waals surface area contributed by atoms with Gasteiger partial charge in [-0.3, -0.25) is 4.40 Å². The summed E-state index contributed by atoms with van der Waals surface area (Å²) in [6.07, 6.45) is 6.69. The molecule has 7 heteroatoms. The number of hydrogen-bond donors (Lipinski definition) is 3. The van der Waals surface area contributed by atoms with Crippen molar-refractivity contribution in [1.82, 2.24) is 25.0 Å². The highest BCUT2D eigenvalue weighted by Crippen LogP contribution is 2.27. The number of nitrogens with one attached hydrogen (secondary N) is 3. The van der Waals surface area contributed by atoms with Crippen LogP contribution in [0.3, 0.4) is 0 Å². The molecule has 7 nitrogen and oxygen atoms in total. The zero-order chi connectivity index (χ0) is 23.5. The third-order valence-electron chi connectivity index (χ3n) is 6.32. The molecule has 4 aromatic rings. The van der Waals surface area contributed by atoms with Gasteiger partial charge in [-0.2, -0.15) is 5.26 Å². The van der Waals surface area contributed by atoms with Crippen LogP contribution in [0.4, 0.5) is 11.5 Å². The van der Waals surface area contributed by atoms with Crippen molar-refractivity contribution in [2.75, 3.05) is 25.0 Å². The second-order valence-corrected chi connectivity index (χ2v) is 8.68. The molecular formula is C27H27N7. The first-order valence-corrected chi connectivity index (χ1v) is 11.5. The van der Waals surface area contributed by atoms with Gasteiger partial charge < -0.3 is 16.0 Å². The van der Waals surface area contributed by atoms with Crippen molar-refractivity contribution in [1.29, 1.82) is 5.26 Å². The van der Waals surface area contributed by atoms with E-state index in [1.807, 2.05) is 47.1 Å². The Bertz CT molecular complexity index is 1370. The van der Waals surface area contributed by atoms with E-state index in [0.29, 0.717) is 17.3 Å². The lowest BCUT2D eigenvalue weighted by molar-refractivity contribution is 0.561. The standard InChI is InChI=1S/C27H27N7/c1-18-13-23(7-8-24(18)19(2)31-16-21-9-10-29-15-21)33-26-27-32-17-25(34(27)12-11-30-26)22-5-3-20(14-28)4-6-22/h3-8,11-13,17,21,29,31H,2,9-10,15-16H2,1H3,(H,30,33). The van der Waals surface area contributed by atoms with Crippen LogP contribution in [0, 0.1) is 24.2 Å². The number of nitriles is 1. The number of benzene rings is 2. The Balaban J connectivity index is 1.34. The molecule has 1 fully saturated rings. The Morgan fingerprint density at radius 2 is 2.09 bits per heavy atom. The molecule has 3 N–H and O–H groups in total. The summed E-state index contributed by atoms with van der Waals surface area (Å²) < 4.78 is 2.00. The number of fused-ring (bicyclic) bond motifs is 1. The molecule has 0 aliphatic carbocycles. The lowest BCUT2D eigenvalue weighted by Crippen LogP contribution is -2.23. The molecule has 3 heterocycles. The number of nitrogens with zero attached hydrogens (tertiary/aromatic N) is 4. The van der Waals surface area contributed by atoms with Crippen LogP contribution in [0.1, 0.15) is 23.1 Å². The molecule has 2 aromatic heterocycles. The lowest BCUT2D eigenvalue weighted by atomic mass is 10.0. The molecule has 1 atom stereocenters. The molecule has 170 valence electrons. The third kappa shape index (κ3) is 4.36. The maximum absolute atomic E-state index is 9.05. The average Bonchev–Trinajstić information content (AvgIpc) is 3.53. The van der Waals surface area contributed by atoms with Crippen molar-refractivity contribution in [2.45, 2.75) is 13.3 Å². The highest BCUT2D eigenvalue weighted by Gasteiger charge is 2.15. The van der Waals surface area contributed by atoms with Crippen LogP contribution in [0.5, 0.6) is 0 Å². The van der Waals surface area contributed by atoms with Gasteiger partial charge in [-0.25, -0.2) is 9.97 Å². The predicted octanol–water partition coefficient (Wildman–Crippen LogP) is 4.49. The number of imidazole rings is 1. The predicted molar refractivity (Wildman–Crippen MR) is 136 cm³/mol. The number of anilines is 2. The van der Waals surface area contributed by atoms with Crippen LogP contribution in [-0.4, -0.2) is 34.0 Å². The van der Waals surface area contributed by atoms with E-state index in [2.05, 4.69) is 57.6 Å². The Morgan fingerprint density at radius 3 is 2.82 bits per heavy atom. The minimum atomic E-state index is 0.633. The topological polar surface area (TPSA) is 90.1 Å². The molecule has 2 aromatic carbocycles. The normalized spacial score (nSPS) is 15.2. The van der Waals surface area contributed by atoms with E-state index in [1.54, 1.807) is 6.20 Å². The van der Waals surface area contributed by atoms with Crippen LogP contribution in [0.2, 0.25) is 0 Å². The summed E-state index contributed by atoms with van der Waals surface area (Å²) in [6.45, 7) is 9.46. The van der Waals surface area contributed by atoms with E-state index < -0.39 is 0 Å². The van der Waals surface area contributed by atoms with Gasteiger partial charge in [-0.15, -0.1) is 0 Å². The summed E-state index contributed by atoms with van der Waals surface area (Å²) in [7, 11) is 0. The second kappa shape index (κ2) is 9.38. The van der Waals surface area contributed by atoms with Crippen LogP contribution in [-0.2, 0) is 0 Å². The minimum absolute atomic E-state index is 0.633. The first-order valence-electron chi connectivity index (χ1n) is 11.5. The van der Waals surface area contributed by atoms with E-state index in [9.17, 15) is 0 Å². The van der Waals surface area contributed by atoms with Gasteiger partial charge in [0, 0.05) is 41.4 Å². The fourth-order valence-electron chi connectivity index (χ4n) is 4.40. The Hall–Kier alpha value is -4.15. The summed E-state index contributed by atoms with van der Waals surface area (Å²) >= 11 is 0. The molecule has 34 heavy (non-hydrogen) atoms. The smallest absolute Gasteiger partial charge is 0.180 e. The molecule has 0 amide bonds. The summed E-state index contributed by atoms with van der Waals surface area (Å²) in [5.74, 6) is 1.34. The van der Waals surface area contributed by atoms with Crippen LogP contribution in [0.25, 0.3) is 22.6 Å². The molecule has 1 aliphatic rings. The van der Waals surface area contributed by atoms with E-state index in [-0.39, 0.29) is 0 Å². The van der Waals surface area contributed by atoms with Crippen molar-refractivity contribution < 1.29 is 0 Å². The SMILES string of the molecule is C=C(NCC1CCNC1)c1ccc(Nc2nccn3c(-c4ccc(C#N)cc4)cnc23)cc1C. The first-order chi connectivity index (χ1) is 16.6. The van der Waals surface area contributed by atoms with Gasteiger partial charge in [0.2, 0.25) is 0 Å². The van der Waals surface area contributed by atoms with Crippen molar-refractivity contribution in [3.63, 3.8) is 0 Å². The highest BCUT2D eigenvalue weighted by molar-refractivity contribution is 5.76. The van der Waals surface area contributed by atoms with E-state index in [1.165, 1.54) is 6.42 Å². The van der Waals surface area contributed by atoms with Gasteiger partial charge in [0.25, 0.3) is 0 Å². The van der Waals surface area contributed by atoms with Gasteiger partial charge in [0.05, 0.1) is 23.5 Å².